The van der Waals surface area contributed by atoms with Crippen LogP contribution in [0.4, 0.5) is 0 Å². The molecule has 0 saturated carbocycles. The van der Waals surface area contributed by atoms with Crippen molar-refractivity contribution in [1.29, 1.82) is 0 Å². The summed E-state index contributed by atoms with van der Waals surface area (Å²) in [7, 11) is 1.71. The molecule has 0 aliphatic heterocycles. The summed E-state index contributed by atoms with van der Waals surface area (Å²) in [4.78, 5) is 4.68. The summed E-state index contributed by atoms with van der Waals surface area (Å²) in [6.07, 6.45) is 1.59. The summed E-state index contributed by atoms with van der Waals surface area (Å²) in [5.41, 5.74) is 3.05. The van der Waals surface area contributed by atoms with Crippen molar-refractivity contribution in [3.8, 4) is 0 Å². The second kappa shape index (κ2) is 6.11. The molecule has 0 fully saturated rings. The first-order valence-corrected chi connectivity index (χ1v) is 7.33. The number of hydrogen-bond donors (Lipinski definition) is 0. The zero-order valence-corrected chi connectivity index (χ0v) is 12.0. The zero-order valence-electron chi connectivity index (χ0n) is 11.2. The van der Waals surface area contributed by atoms with Gasteiger partial charge in [-0.15, -0.1) is 0 Å². The van der Waals surface area contributed by atoms with Crippen LogP contribution in [0.1, 0.15) is 5.69 Å². The minimum absolute atomic E-state index is 0.665. The SMILES string of the molecule is COCCn1c(SCc2ccon2)nc2ccccc21. The molecule has 6 heteroatoms. The number of hydrogen-bond acceptors (Lipinski definition) is 5. The number of thioether (sulfide) groups is 1. The highest BCUT2D eigenvalue weighted by atomic mass is 32.2. The van der Waals surface area contributed by atoms with E-state index in [1.807, 2.05) is 24.3 Å². The molecule has 0 bridgehead atoms. The highest BCUT2D eigenvalue weighted by Gasteiger charge is 2.11. The van der Waals surface area contributed by atoms with Gasteiger partial charge in [-0.05, 0) is 12.1 Å². The number of rotatable bonds is 6. The van der Waals surface area contributed by atoms with Crippen LogP contribution in [0.15, 0.2) is 46.3 Å². The number of ether oxygens (including phenoxy) is 1. The maximum absolute atomic E-state index is 5.18. The highest BCUT2D eigenvalue weighted by molar-refractivity contribution is 7.98. The average Bonchev–Trinajstić information content (AvgIpc) is 3.10. The van der Waals surface area contributed by atoms with Crippen LogP contribution < -0.4 is 0 Å². The van der Waals surface area contributed by atoms with Gasteiger partial charge in [0.15, 0.2) is 5.16 Å². The van der Waals surface area contributed by atoms with Crippen molar-refractivity contribution in [3.05, 3.63) is 42.3 Å². The molecule has 3 rings (SSSR count). The van der Waals surface area contributed by atoms with Gasteiger partial charge in [0, 0.05) is 25.5 Å². The molecule has 20 heavy (non-hydrogen) atoms. The first-order chi connectivity index (χ1) is 9.88. The molecule has 0 saturated heterocycles. The molecular formula is C14H15N3O2S. The lowest BCUT2D eigenvalue weighted by molar-refractivity contribution is 0.186. The van der Waals surface area contributed by atoms with Crippen molar-refractivity contribution in [2.45, 2.75) is 17.5 Å². The lowest BCUT2D eigenvalue weighted by Crippen LogP contribution is -2.05. The molecule has 0 aliphatic carbocycles. The fraction of sp³-hybridized carbons (Fsp3) is 0.286. The van der Waals surface area contributed by atoms with Gasteiger partial charge in [-0.1, -0.05) is 29.1 Å². The molecule has 0 atom stereocenters. The molecule has 0 radical (unpaired) electrons. The van der Waals surface area contributed by atoms with E-state index < -0.39 is 0 Å². The molecule has 2 heterocycles. The summed E-state index contributed by atoms with van der Waals surface area (Å²) in [5, 5.41) is 4.90. The molecule has 1 aromatic carbocycles. The minimum atomic E-state index is 0.665. The van der Waals surface area contributed by atoms with Crippen LogP contribution in [0.5, 0.6) is 0 Å². The normalized spacial score (nSPS) is 11.2. The van der Waals surface area contributed by atoms with E-state index in [-0.39, 0.29) is 0 Å². The molecule has 0 spiro atoms. The Kier molecular flexibility index (Phi) is 4.03. The first-order valence-electron chi connectivity index (χ1n) is 6.35. The second-order valence-electron chi connectivity index (χ2n) is 4.31. The highest BCUT2D eigenvalue weighted by Crippen LogP contribution is 2.26. The Hall–Kier alpha value is -1.79. The second-order valence-corrected chi connectivity index (χ2v) is 5.25. The van der Waals surface area contributed by atoms with Crippen LogP contribution in [-0.4, -0.2) is 28.4 Å². The maximum atomic E-state index is 5.18. The Morgan fingerprint density at radius 2 is 2.20 bits per heavy atom. The Labute approximate surface area is 120 Å². The smallest absolute Gasteiger partial charge is 0.169 e. The van der Waals surface area contributed by atoms with Crippen molar-refractivity contribution in [1.82, 2.24) is 14.7 Å². The van der Waals surface area contributed by atoms with Crippen molar-refractivity contribution in [3.63, 3.8) is 0 Å². The van der Waals surface area contributed by atoms with Crippen molar-refractivity contribution in [2.75, 3.05) is 13.7 Å². The van der Waals surface area contributed by atoms with E-state index in [9.17, 15) is 0 Å². The summed E-state index contributed by atoms with van der Waals surface area (Å²) in [5.74, 6) is 0.743. The predicted molar refractivity (Wildman–Crippen MR) is 77.7 cm³/mol. The van der Waals surface area contributed by atoms with E-state index in [0.717, 1.165) is 34.2 Å². The van der Waals surface area contributed by atoms with Crippen molar-refractivity contribution >= 4 is 22.8 Å². The molecule has 5 nitrogen and oxygen atoms in total. The number of benzene rings is 1. The number of nitrogens with zero attached hydrogens (tertiary/aromatic N) is 3. The zero-order chi connectivity index (χ0) is 13.8. The molecule has 3 aromatic rings. The number of methoxy groups -OCH3 is 1. The quantitative estimate of drug-likeness (QED) is 0.653. The molecule has 0 N–H and O–H groups in total. The Bertz CT molecular complexity index is 679. The van der Waals surface area contributed by atoms with Crippen LogP contribution >= 0.6 is 11.8 Å². The van der Waals surface area contributed by atoms with Crippen LogP contribution in [0.2, 0.25) is 0 Å². The number of aromatic nitrogens is 3. The van der Waals surface area contributed by atoms with Crippen LogP contribution in [0.3, 0.4) is 0 Å². The van der Waals surface area contributed by atoms with Crippen molar-refractivity contribution < 1.29 is 9.26 Å². The van der Waals surface area contributed by atoms with Gasteiger partial charge in [-0.2, -0.15) is 0 Å². The van der Waals surface area contributed by atoms with Gasteiger partial charge in [0.2, 0.25) is 0 Å². The largest absolute Gasteiger partial charge is 0.383 e. The van der Waals surface area contributed by atoms with Crippen molar-refractivity contribution in [2.24, 2.45) is 0 Å². The minimum Gasteiger partial charge on any atom is -0.383 e. The average molecular weight is 289 g/mol. The van der Waals surface area contributed by atoms with Gasteiger partial charge >= 0.3 is 0 Å². The number of fused-ring (bicyclic) bond motifs is 1. The Morgan fingerprint density at radius 3 is 3.00 bits per heavy atom. The topological polar surface area (TPSA) is 53.1 Å². The lowest BCUT2D eigenvalue weighted by atomic mass is 10.3. The van der Waals surface area contributed by atoms with Gasteiger partial charge in [0.1, 0.15) is 6.26 Å². The monoisotopic (exact) mass is 289 g/mol. The van der Waals surface area contributed by atoms with Gasteiger partial charge in [0.05, 0.1) is 23.3 Å². The molecule has 104 valence electrons. The van der Waals surface area contributed by atoms with E-state index in [0.29, 0.717) is 6.61 Å². The summed E-state index contributed by atoms with van der Waals surface area (Å²) in [6.45, 7) is 1.45. The maximum Gasteiger partial charge on any atom is 0.169 e. The Morgan fingerprint density at radius 1 is 1.30 bits per heavy atom. The Balaban J connectivity index is 1.87. The third-order valence-electron chi connectivity index (χ3n) is 2.98. The fourth-order valence-electron chi connectivity index (χ4n) is 2.01. The molecule has 2 aromatic heterocycles. The third kappa shape index (κ3) is 2.71. The number of para-hydroxylation sites is 2. The molecule has 0 aliphatic rings. The van der Waals surface area contributed by atoms with E-state index in [1.54, 1.807) is 25.1 Å². The summed E-state index contributed by atoms with van der Waals surface area (Å²) >= 11 is 1.65. The van der Waals surface area contributed by atoms with Crippen LogP contribution in [-0.2, 0) is 17.0 Å². The van der Waals surface area contributed by atoms with Crippen LogP contribution in [0.25, 0.3) is 11.0 Å². The van der Waals surface area contributed by atoms with E-state index in [2.05, 4.69) is 20.8 Å². The van der Waals surface area contributed by atoms with E-state index in [1.165, 1.54) is 0 Å². The summed E-state index contributed by atoms with van der Waals surface area (Å²) in [6, 6.07) is 10.0. The van der Waals surface area contributed by atoms with Crippen LogP contribution in [0, 0.1) is 0 Å². The lowest BCUT2D eigenvalue weighted by Gasteiger charge is -2.07. The fourth-order valence-corrected chi connectivity index (χ4v) is 2.95. The number of imidazole rings is 1. The van der Waals surface area contributed by atoms with Gasteiger partial charge in [-0.3, -0.25) is 0 Å². The molecular weight excluding hydrogens is 274 g/mol. The summed E-state index contributed by atoms with van der Waals surface area (Å²) < 4.78 is 12.2. The molecule has 0 unspecified atom stereocenters. The van der Waals surface area contributed by atoms with Gasteiger partial charge in [0.25, 0.3) is 0 Å². The predicted octanol–water partition coefficient (Wildman–Crippen LogP) is 2.96. The van der Waals surface area contributed by atoms with Gasteiger partial charge < -0.3 is 13.8 Å². The van der Waals surface area contributed by atoms with E-state index >= 15 is 0 Å². The van der Waals surface area contributed by atoms with E-state index in [4.69, 9.17) is 9.26 Å². The van der Waals surface area contributed by atoms with Gasteiger partial charge in [-0.25, -0.2) is 4.98 Å². The first kappa shape index (κ1) is 13.2. The molecule has 0 amide bonds. The standard InChI is InChI=1S/C14H15N3O2S/c1-18-9-7-17-13-5-3-2-4-12(13)15-14(17)20-10-11-6-8-19-16-11/h2-6,8H,7,9-10H2,1H3. The third-order valence-corrected chi connectivity index (χ3v) is 3.99.